The van der Waals surface area contributed by atoms with Crippen LogP contribution in [0.3, 0.4) is 0 Å². The lowest BCUT2D eigenvalue weighted by molar-refractivity contribution is -0.121. The molecule has 72 valence electrons. The Bertz CT molecular complexity index is 255. The van der Waals surface area contributed by atoms with E-state index < -0.39 is 0 Å². The molecule has 1 aliphatic heterocycles. The molecule has 13 heavy (non-hydrogen) atoms. The topological polar surface area (TPSA) is 26.3 Å². The molecule has 0 spiro atoms. The molecule has 0 aromatic heterocycles. The molecule has 0 bridgehead atoms. The summed E-state index contributed by atoms with van der Waals surface area (Å²) in [5, 5.41) is 0. The molecule has 0 unspecified atom stereocenters. The van der Waals surface area contributed by atoms with Crippen LogP contribution < -0.4 is 0 Å². The first kappa shape index (κ1) is 8.95. The molecule has 2 aliphatic rings. The summed E-state index contributed by atoms with van der Waals surface area (Å²) < 4.78 is 5.41. The van der Waals surface area contributed by atoms with Crippen LogP contribution in [0, 0.1) is 17.8 Å². The highest BCUT2D eigenvalue weighted by molar-refractivity contribution is 5.98. The van der Waals surface area contributed by atoms with Crippen molar-refractivity contribution in [2.24, 2.45) is 17.8 Å². The first-order chi connectivity index (χ1) is 6.24. The summed E-state index contributed by atoms with van der Waals surface area (Å²) in [6.45, 7) is 5.67. The average molecular weight is 180 g/mol. The van der Waals surface area contributed by atoms with Gasteiger partial charge in [0.05, 0.1) is 13.2 Å². The first-order valence-electron chi connectivity index (χ1n) is 5.06. The Hall–Kier alpha value is -0.630. The highest BCUT2D eigenvalue weighted by Gasteiger charge is 2.39. The molecule has 0 saturated carbocycles. The predicted molar refractivity (Wildman–Crippen MR) is 50.3 cm³/mol. The van der Waals surface area contributed by atoms with Gasteiger partial charge in [-0.05, 0) is 12.0 Å². The number of carbonyl (C=O) groups is 1. The second-order valence-electron chi connectivity index (χ2n) is 4.06. The van der Waals surface area contributed by atoms with Crippen molar-refractivity contribution >= 4 is 5.78 Å². The third kappa shape index (κ3) is 1.33. The highest BCUT2D eigenvalue weighted by Crippen LogP contribution is 2.36. The normalized spacial score (nSPS) is 38.8. The van der Waals surface area contributed by atoms with E-state index in [2.05, 4.69) is 6.08 Å². The van der Waals surface area contributed by atoms with Gasteiger partial charge in [-0.15, -0.1) is 0 Å². The van der Waals surface area contributed by atoms with Crippen LogP contribution in [-0.2, 0) is 9.53 Å². The van der Waals surface area contributed by atoms with Crippen molar-refractivity contribution in [1.29, 1.82) is 0 Å². The third-order valence-corrected chi connectivity index (χ3v) is 3.34. The Morgan fingerprint density at radius 2 is 2.31 bits per heavy atom. The van der Waals surface area contributed by atoms with E-state index in [1.165, 1.54) is 0 Å². The van der Waals surface area contributed by atoms with Crippen molar-refractivity contribution in [3.63, 3.8) is 0 Å². The zero-order valence-electron chi connectivity index (χ0n) is 8.25. The first-order valence-corrected chi connectivity index (χ1v) is 5.06. The van der Waals surface area contributed by atoms with Gasteiger partial charge in [-0.3, -0.25) is 4.79 Å². The second-order valence-corrected chi connectivity index (χ2v) is 4.06. The molecule has 0 radical (unpaired) electrons. The minimum absolute atomic E-state index is 0.174. The third-order valence-electron chi connectivity index (χ3n) is 3.34. The summed E-state index contributed by atoms with van der Waals surface area (Å²) in [5.41, 5.74) is 1.01. The summed E-state index contributed by atoms with van der Waals surface area (Å²) in [4.78, 5) is 11.8. The molecule has 2 heteroatoms. The number of ketones is 1. The Morgan fingerprint density at radius 1 is 1.54 bits per heavy atom. The second kappa shape index (κ2) is 3.26. The maximum atomic E-state index is 11.8. The van der Waals surface area contributed by atoms with Crippen molar-refractivity contribution in [2.45, 2.75) is 20.3 Å². The highest BCUT2D eigenvalue weighted by atomic mass is 16.5. The van der Waals surface area contributed by atoms with Gasteiger partial charge in [0, 0.05) is 17.8 Å². The lowest BCUT2D eigenvalue weighted by Crippen LogP contribution is -2.31. The van der Waals surface area contributed by atoms with Gasteiger partial charge >= 0.3 is 0 Å². The van der Waals surface area contributed by atoms with E-state index in [9.17, 15) is 4.79 Å². The summed E-state index contributed by atoms with van der Waals surface area (Å²) in [6, 6.07) is 0. The number of fused-ring (bicyclic) bond motifs is 1. The number of hydrogen-bond donors (Lipinski definition) is 0. The maximum Gasteiger partial charge on any atom is 0.161 e. The van der Waals surface area contributed by atoms with Gasteiger partial charge in [-0.25, -0.2) is 0 Å². The van der Waals surface area contributed by atoms with E-state index in [1.807, 2.05) is 13.8 Å². The molecule has 2 nitrogen and oxygen atoms in total. The fraction of sp³-hybridized carbons (Fsp3) is 0.727. The summed E-state index contributed by atoms with van der Waals surface area (Å²) >= 11 is 0. The molecular formula is C11H16O2. The van der Waals surface area contributed by atoms with Crippen LogP contribution in [0.15, 0.2) is 11.6 Å². The number of rotatable bonds is 1. The lowest BCUT2D eigenvalue weighted by atomic mass is 9.74. The quantitative estimate of drug-likeness (QED) is 0.615. The van der Waals surface area contributed by atoms with Gasteiger partial charge in [0.2, 0.25) is 0 Å². The van der Waals surface area contributed by atoms with Crippen LogP contribution >= 0.6 is 0 Å². The zero-order valence-corrected chi connectivity index (χ0v) is 8.25. The van der Waals surface area contributed by atoms with Gasteiger partial charge in [0.1, 0.15) is 0 Å². The SMILES string of the molecule is CCC1=C[C@H]2COC[C@H]2[C@H](C)C1=O. The van der Waals surface area contributed by atoms with E-state index in [4.69, 9.17) is 4.74 Å². The van der Waals surface area contributed by atoms with E-state index in [-0.39, 0.29) is 5.92 Å². The molecule has 3 atom stereocenters. The smallest absolute Gasteiger partial charge is 0.161 e. The Balaban J connectivity index is 2.28. The van der Waals surface area contributed by atoms with Gasteiger partial charge in [-0.1, -0.05) is 19.9 Å². The Morgan fingerprint density at radius 3 is 3.00 bits per heavy atom. The van der Waals surface area contributed by atoms with Gasteiger partial charge in [0.15, 0.2) is 5.78 Å². The van der Waals surface area contributed by atoms with Crippen molar-refractivity contribution in [3.05, 3.63) is 11.6 Å². The minimum atomic E-state index is 0.174. The molecule has 1 heterocycles. The van der Waals surface area contributed by atoms with Crippen LogP contribution in [-0.4, -0.2) is 19.0 Å². The average Bonchev–Trinajstić information content (AvgIpc) is 2.59. The largest absolute Gasteiger partial charge is 0.380 e. The standard InChI is InChI=1S/C11H16O2/c1-3-8-4-9-5-13-6-10(9)7(2)11(8)12/h4,7,9-10H,3,5-6H2,1-2H3/t7-,9-,10-/m0/s1. The monoisotopic (exact) mass is 180 g/mol. The molecule has 2 rings (SSSR count). The summed E-state index contributed by atoms with van der Waals surface area (Å²) in [6.07, 6.45) is 3.01. The zero-order chi connectivity index (χ0) is 9.42. The number of allylic oxidation sites excluding steroid dienone is 1. The molecule has 1 fully saturated rings. The number of hydrogen-bond acceptors (Lipinski definition) is 2. The van der Waals surface area contributed by atoms with Crippen LogP contribution in [0.5, 0.6) is 0 Å². The fourth-order valence-corrected chi connectivity index (χ4v) is 2.39. The summed E-state index contributed by atoms with van der Waals surface area (Å²) in [5.74, 6) is 1.46. The van der Waals surface area contributed by atoms with Crippen molar-refractivity contribution in [1.82, 2.24) is 0 Å². The van der Waals surface area contributed by atoms with Crippen LogP contribution in [0.4, 0.5) is 0 Å². The summed E-state index contributed by atoms with van der Waals surface area (Å²) in [7, 11) is 0. The van der Waals surface area contributed by atoms with Crippen LogP contribution in [0.1, 0.15) is 20.3 Å². The van der Waals surface area contributed by atoms with E-state index in [1.54, 1.807) is 0 Å². The van der Waals surface area contributed by atoms with Crippen LogP contribution in [0.2, 0.25) is 0 Å². The van der Waals surface area contributed by atoms with Gasteiger partial charge in [-0.2, -0.15) is 0 Å². The van der Waals surface area contributed by atoms with E-state index in [0.717, 1.165) is 25.2 Å². The number of carbonyl (C=O) groups excluding carboxylic acids is 1. The molecule has 1 saturated heterocycles. The molecule has 0 N–H and O–H groups in total. The lowest BCUT2D eigenvalue weighted by Gasteiger charge is -2.27. The maximum absolute atomic E-state index is 11.8. The van der Waals surface area contributed by atoms with Gasteiger partial charge in [0.25, 0.3) is 0 Å². The van der Waals surface area contributed by atoms with Crippen molar-refractivity contribution in [2.75, 3.05) is 13.2 Å². The predicted octanol–water partition coefficient (Wildman–Crippen LogP) is 1.80. The molecule has 1 aliphatic carbocycles. The van der Waals surface area contributed by atoms with E-state index in [0.29, 0.717) is 17.6 Å². The van der Waals surface area contributed by atoms with Crippen molar-refractivity contribution in [3.8, 4) is 0 Å². The van der Waals surface area contributed by atoms with Crippen molar-refractivity contribution < 1.29 is 9.53 Å². The molecule has 0 aromatic rings. The Kier molecular flexibility index (Phi) is 2.24. The minimum Gasteiger partial charge on any atom is -0.380 e. The van der Waals surface area contributed by atoms with E-state index >= 15 is 0 Å². The van der Waals surface area contributed by atoms with Crippen LogP contribution in [0.25, 0.3) is 0 Å². The number of ether oxygens (including phenoxy) is 1. The fourth-order valence-electron chi connectivity index (χ4n) is 2.39. The molecule has 0 aromatic carbocycles. The molecular weight excluding hydrogens is 164 g/mol. The Labute approximate surface area is 79.0 Å². The van der Waals surface area contributed by atoms with Gasteiger partial charge < -0.3 is 4.74 Å². The molecule has 0 amide bonds. The number of Topliss-reactive ketones (excluding diaryl/α,β-unsaturated/α-hetero) is 1.